The van der Waals surface area contributed by atoms with Crippen molar-refractivity contribution >= 4 is 17.3 Å². The number of aromatic nitrogens is 1. The number of nitrogens with zero attached hydrogens (tertiary/aromatic N) is 1. The second-order valence-electron chi connectivity index (χ2n) is 4.34. The molecule has 1 saturated carbocycles. The molecule has 1 aliphatic carbocycles. The van der Waals surface area contributed by atoms with Crippen LogP contribution in [0.3, 0.4) is 0 Å². The predicted molar refractivity (Wildman–Crippen MR) is 66.0 cm³/mol. The lowest BCUT2D eigenvalue weighted by molar-refractivity contribution is -0.138. The van der Waals surface area contributed by atoms with E-state index >= 15 is 0 Å². The van der Waals surface area contributed by atoms with Gasteiger partial charge in [0, 0.05) is 16.9 Å². The second-order valence-corrected chi connectivity index (χ2v) is 5.23. The van der Waals surface area contributed by atoms with Gasteiger partial charge in [0.1, 0.15) is 5.82 Å². The summed E-state index contributed by atoms with van der Waals surface area (Å²) in [4.78, 5) is 15.1. The SMILES string of the molecule is O=C(O)C1CC1c1nc(-c2ccccc2F)cs1. The Morgan fingerprint density at radius 3 is 2.89 bits per heavy atom. The van der Waals surface area contributed by atoms with Gasteiger partial charge in [0.05, 0.1) is 16.6 Å². The van der Waals surface area contributed by atoms with Gasteiger partial charge in [-0.05, 0) is 18.6 Å². The molecule has 1 aromatic carbocycles. The number of carboxylic acid groups (broad SMARTS) is 1. The molecule has 0 spiro atoms. The molecule has 3 nitrogen and oxygen atoms in total. The van der Waals surface area contributed by atoms with Crippen molar-refractivity contribution in [3.63, 3.8) is 0 Å². The molecule has 92 valence electrons. The summed E-state index contributed by atoms with van der Waals surface area (Å²) in [5.41, 5.74) is 1.05. The first kappa shape index (κ1) is 11.3. The minimum Gasteiger partial charge on any atom is -0.481 e. The molecule has 0 aliphatic heterocycles. The van der Waals surface area contributed by atoms with Gasteiger partial charge < -0.3 is 5.11 Å². The van der Waals surface area contributed by atoms with Crippen LogP contribution >= 0.6 is 11.3 Å². The van der Waals surface area contributed by atoms with Gasteiger partial charge in [0.2, 0.25) is 0 Å². The van der Waals surface area contributed by atoms with Crippen LogP contribution in [0.1, 0.15) is 17.3 Å². The number of hydrogen-bond acceptors (Lipinski definition) is 3. The van der Waals surface area contributed by atoms with Crippen molar-refractivity contribution in [2.24, 2.45) is 5.92 Å². The maximum Gasteiger partial charge on any atom is 0.307 e. The fourth-order valence-corrected chi connectivity index (χ4v) is 2.99. The van der Waals surface area contributed by atoms with E-state index in [1.54, 1.807) is 23.6 Å². The fourth-order valence-electron chi connectivity index (χ4n) is 1.99. The minimum absolute atomic E-state index is 0.00743. The van der Waals surface area contributed by atoms with Crippen molar-refractivity contribution in [3.8, 4) is 11.3 Å². The van der Waals surface area contributed by atoms with Crippen LogP contribution in [0.2, 0.25) is 0 Å². The number of halogens is 1. The van der Waals surface area contributed by atoms with Gasteiger partial charge >= 0.3 is 5.97 Å². The number of thiazole rings is 1. The lowest BCUT2D eigenvalue weighted by atomic mass is 10.1. The molecule has 1 heterocycles. The van der Waals surface area contributed by atoms with Gasteiger partial charge in [-0.25, -0.2) is 9.37 Å². The van der Waals surface area contributed by atoms with Gasteiger partial charge in [-0.15, -0.1) is 11.3 Å². The predicted octanol–water partition coefficient (Wildman–Crippen LogP) is 3.14. The maximum atomic E-state index is 13.6. The molecule has 18 heavy (non-hydrogen) atoms. The molecule has 3 rings (SSSR count). The molecule has 0 bridgehead atoms. The van der Waals surface area contributed by atoms with E-state index in [1.807, 2.05) is 0 Å². The number of aliphatic carboxylic acids is 1. The number of carbonyl (C=O) groups is 1. The van der Waals surface area contributed by atoms with Crippen molar-refractivity contribution in [2.45, 2.75) is 12.3 Å². The van der Waals surface area contributed by atoms with Gasteiger partial charge in [-0.2, -0.15) is 0 Å². The van der Waals surface area contributed by atoms with E-state index in [0.717, 1.165) is 5.01 Å². The fraction of sp³-hybridized carbons (Fsp3) is 0.231. The molecular formula is C13H10FNO2S. The molecule has 1 fully saturated rings. The first-order chi connectivity index (χ1) is 8.66. The smallest absolute Gasteiger partial charge is 0.307 e. The van der Waals surface area contributed by atoms with E-state index in [0.29, 0.717) is 17.7 Å². The van der Waals surface area contributed by atoms with Crippen molar-refractivity contribution in [3.05, 3.63) is 40.5 Å². The molecule has 0 saturated heterocycles. The molecule has 2 atom stereocenters. The third kappa shape index (κ3) is 1.90. The Morgan fingerprint density at radius 1 is 1.44 bits per heavy atom. The van der Waals surface area contributed by atoms with E-state index < -0.39 is 5.97 Å². The van der Waals surface area contributed by atoms with Crippen LogP contribution in [0.15, 0.2) is 29.6 Å². The standard InChI is InChI=1S/C13H10FNO2S/c14-10-4-2-1-3-7(10)11-6-18-12(15-11)8-5-9(8)13(16)17/h1-4,6,8-9H,5H2,(H,16,17). The highest BCUT2D eigenvalue weighted by Crippen LogP contribution is 2.49. The van der Waals surface area contributed by atoms with Gasteiger partial charge in [0.15, 0.2) is 0 Å². The van der Waals surface area contributed by atoms with Crippen LogP contribution in [0.4, 0.5) is 4.39 Å². The molecule has 0 radical (unpaired) electrons. The lowest BCUT2D eigenvalue weighted by Crippen LogP contribution is -1.98. The Hall–Kier alpha value is -1.75. The van der Waals surface area contributed by atoms with Crippen molar-refractivity contribution in [2.75, 3.05) is 0 Å². The van der Waals surface area contributed by atoms with E-state index in [1.165, 1.54) is 17.4 Å². The summed E-state index contributed by atoms with van der Waals surface area (Å²) in [6, 6.07) is 6.46. The van der Waals surface area contributed by atoms with Crippen LogP contribution in [-0.4, -0.2) is 16.1 Å². The number of carboxylic acids is 1. The van der Waals surface area contributed by atoms with Crippen molar-refractivity contribution in [1.29, 1.82) is 0 Å². The zero-order valence-electron chi connectivity index (χ0n) is 9.34. The number of rotatable bonds is 3. The molecule has 1 N–H and O–H groups in total. The van der Waals surface area contributed by atoms with Crippen LogP contribution in [0.25, 0.3) is 11.3 Å². The molecule has 5 heteroatoms. The van der Waals surface area contributed by atoms with Gasteiger partial charge in [-0.1, -0.05) is 12.1 Å². The van der Waals surface area contributed by atoms with Crippen molar-refractivity contribution < 1.29 is 14.3 Å². The van der Waals surface area contributed by atoms with Crippen LogP contribution < -0.4 is 0 Å². The van der Waals surface area contributed by atoms with E-state index in [4.69, 9.17) is 5.11 Å². The average molecular weight is 263 g/mol. The third-order valence-electron chi connectivity index (χ3n) is 3.10. The van der Waals surface area contributed by atoms with E-state index in [9.17, 15) is 9.18 Å². The highest BCUT2D eigenvalue weighted by molar-refractivity contribution is 7.10. The highest BCUT2D eigenvalue weighted by atomic mass is 32.1. The summed E-state index contributed by atoms with van der Waals surface area (Å²) < 4.78 is 13.6. The Labute approximate surface area is 107 Å². The zero-order chi connectivity index (χ0) is 12.7. The Balaban J connectivity index is 1.87. The Bertz CT molecular complexity index is 611. The first-order valence-corrected chi connectivity index (χ1v) is 6.48. The summed E-state index contributed by atoms with van der Waals surface area (Å²) in [7, 11) is 0. The normalized spacial score (nSPS) is 21.8. The van der Waals surface area contributed by atoms with Gasteiger partial charge in [-0.3, -0.25) is 4.79 Å². The zero-order valence-corrected chi connectivity index (χ0v) is 10.2. The topological polar surface area (TPSA) is 50.2 Å². The van der Waals surface area contributed by atoms with E-state index in [2.05, 4.69) is 4.98 Å². The Morgan fingerprint density at radius 2 is 2.22 bits per heavy atom. The number of hydrogen-bond donors (Lipinski definition) is 1. The van der Waals surface area contributed by atoms with E-state index in [-0.39, 0.29) is 17.7 Å². The average Bonchev–Trinajstić information content (AvgIpc) is 3.02. The molecule has 1 aromatic heterocycles. The van der Waals surface area contributed by atoms with Gasteiger partial charge in [0.25, 0.3) is 0 Å². The molecule has 2 unspecified atom stereocenters. The third-order valence-corrected chi connectivity index (χ3v) is 4.07. The van der Waals surface area contributed by atoms with Crippen LogP contribution in [0.5, 0.6) is 0 Å². The van der Waals surface area contributed by atoms with Crippen LogP contribution in [-0.2, 0) is 4.79 Å². The summed E-state index contributed by atoms with van der Waals surface area (Å²) in [6.45, 7) is 0. The molecular weight excluding hydrogens is 253 g/mol. The number of benzene rings is 1. The minimum atomic E-state index is -0.775. The first-order valence-electron chi connectivity index (χ1n) is 5.60. The second kappa shape index (κ2) is 4.17. The maximum absolute atomic E-state index is 13.6. The summed E-state index contributed by atoms with van der Waals surface area (Å²) in [6.07, 6.45) is 0.638. The lowest BCUT2D eigenvalue weighted by Gasteiger charge is -1.97. The summed E-state index contributed by atoms with van der Waals surface area (Å²) in [5.74, 6) is -1.39. The van der Waals surface area contributed by atoms with Crippen LogP contribution in [0, 0.1) is 11.7 Å². The van der Waals surface area contributed by atoms with Crippen molar-refractivity contribution in [1.82, 2.24) is 4.98 Å². The summed E-state index contributed by atoms with van der Waals surface area (Å²) >= 11 is 1.40. The molecule has 0 amide bonds. The largest absolute Gasteiger partial charge is 0.481 e. The molecule has 2 aromatic rings. The highest BCUT2D eigenvalue weighted by Gasteiger charge is 2.46. The summed E-state index contributed by atoms with van der Waals surface area (Å²) in [5, 5.41) is 11.4. The monoisotopic (exact) mass is 263 g/mol. The quantitative estimate of drug-likeness (QED) is 0.925. The Kier molecular flexibility index (Phi) is 2.63. The molecule has 1 aliphatic rings.